The molecule has 130 valence electrons. The molecule has 0 fully saturated rings. The Labute approximate surface area is 152 Å². The van der Waals surface area contributed by atoms with E-state index < -0.39 is 0 Å². The lowest BCUT2D eigenvalue weighted by molar-refractivity contribution is -0.114. The summed E-state index contributed by atoms with van der Waals surface area (Å²) in [7, 11) is 0. The van der Waals surface area contributed by atoms with Crippen molar-refractivity contribution in [3.63, 3.8) is 0 Å². The molecule has 26 heavy (non-hydrogen) atoms. The van der Waals surface area contributed by atoms with E-state index in [2.05, 4.69) is 10.6 Å². The average molecular weight is 344 g/mol. The van der Waals surface area contributed by atoms with Crippen LogP contribution in [0.15, 0.2) is 78.9 Å². The summed E-state index contributed by atoms with van der Waals surface area (Å²) in [4.78, 5) is 23.6. The normalized spacial score (nSPS) is 10.2. The molecule has 3 aromatic carbocycles. The van der Waals surface area contributed by atoms with Gasteiger partial charge in [0.1, 0.15) is 0 Å². The Bertz CT molecular complexity index is 903. The van der Waals surface area contributed by atoms with Gasteiger partial charge in [-0.1, -0.05) is 48.5 Å². The fraction of sp³-hybridized carbons (Fsp3) is 0.0909. The Balaban J connectivity index is 1.65. The van der Waals surface area contributed by atoms with Crippen LogP contribution in [0.1, 0.15) is 17.3 Å². The third-order valence-corrected chi connectivity index (χ3v) is 4.03. The van der Waals surface area contributed by atoms with Crippen LogP contribution >= 0.6 is 0 Å². The van der Waals surface area contributed by atoms with E-state index in [9.17, 15) is 9.59 Å². The molecule has 2 N–H and O–H groups in total. The van der Waals surface area contributed by atoms with Gasteiger partial charge in [0.05, 0.1) is 6.54 Å². The van der Waals surface area contributed by atoms with E-state index in [1.54, 1.807) is 24.3 Å². The monoisotopic (exact) mass is 344 g/mol. The van der Waals surface area contributed by atoms with Gasteiger partial charge in [0.25, 0.3) is 0 Å². The zero-order valence-corrected chi connectivity index (χ0v) is 14.5. The van der Waals surface area contributed by atoms with Crippen LogP contribution in [0.5, 0.6) is 0 Å². The van der Waals surface area contributed by atoms with Gasteiger partial charge >= 0.3 is 0 Å². The largest absolute Gasteiger partial charge is 0.376 e. The Hall–Kier alpha value is -3.40. The number of Topliss-reactive ketones (excluding diaryl/α,β-unsaturated/α-hetero) is 1. The van der Waals surface area contributed by atoms with Crippen molar-refractivity contribution >= 4 is 23.1 Å². The van der Waals surface area contributed by atoms with E-state index in [4.69, 9.17) is 0 Å². The molecule has 0 aliphatic heterocycles. The molecule has 1 amide bonds. The quantitative estimate of drug-likeness (QED) is 0.642. The van der Waals surface area contributed by atoms with Crippen LogP contribution in [0, 0.1) is 0 Å². The van der Waals surface area contributed by atoms with Crippen molar-refractivity contribution in [1.82, 2.24) is 0 Å². The summed E-state index contributed by atoms with van der Waals surface area (Å²) in [5.41, 5.74) is 4.25. The fourth-order valence-corrected chi connectivity index (χ4v) is 2.66. The van der Waals surface area contributed by atoms with Crippen molar-refractivity contribution in [2.45, 2.75) is 6.92 Å². The minimum atomic E-state index is -0.135. The summed E-state index contributed by atoms with van der Waals surface area (Å²) in [5.74, 6) is -0.115. The van der Waals surface area contributed by atoms with Crippen LogP contribution < -0.4 is 10.6 Å². The second kappa shape index (κ2) is 8.12. The molecule has 0 heterocycles. The molecule has 3 rings (SSSR count). The summed E-state index contributed by atoms with van der Waals surface area (Å²) < 4.78 is 0. The van der Waals surface area contributed by atoms with Crippen LogP contribution in [0.3, 0.4) is 0 Å². The van der Waals surface area contributed by atoms with Crippen molar-refractivity contribution < 1.29 is 9.59 Å². The van der Waals surface area contributed by atoms with Crippen molar-refractivity contribution in [3.05, 3.63) is 84.4 Å². The Morgan fingerprint density at radius 3 is 2.15 bits per heavy atom. The molecule has 0 spiro atoms. The van der Waals surface area contributed by atoms with Gasteiger partial charge in [0.15, 0.2) is 5.78 Å². The number of hydrogen-bond donors (Lipinski definition) is 2. The summed E-state index contributed by atoms with van der Waals surface area (Å²) in [6, 6.07) is 24.7. The number of carbonyl (C=O) groups is 2. The third kappa shape index (κ3) is 4.36. The molecular formula is C22H20N2O2. The smallest absolute Gasteiger partial charge is 0.243 e. The standard InChI is InChI=1S/C22H20N2O2/c1-16(25)17-11-13-19(14-12-17)23-15-22(26)24-21-10-6-5-9-20(21)18-7-3-2-4-8-18/h2-14,23H,15H2,1H3,(H,24,26). The molecular weight excluding hydrogens is 324 g/mol. The Kier molecular flexibility index (Phi) is 5.44. The third-order valence-electron chi connectivity index (χ3n) is 4.03. The maximum absolute atomic E-state index is 12.3. The van der Waals surface area contributed by atoms with E-state index in [-0.39, 0.29) is 18.2 Å². The SMILES string of the molecule is CC(=O)c1ccc(NCC(=O)Nc2ccccc2-c2ccccc2)cc1. The van der Waals surface area contributed by atoms with E-state index >= 15 is 0 Å². The van der Waals surface area contributed by atoms with Gasteiger partial charge in [0.2, 0.25) is 5.91 Å². The Morgan fingerprint density at radius 2 is 1.46 bits per heavy atom. The molecule has 4 heteroatoms. The van der Waals surface area contributed by atoms with Gasteiger partial charge in [-0.15, -0.1) is 0 Å². The highest BCUT2D eigenvalue weighted by Crippen LogP contribution is 2.27. The summed E-state index contributed by atoms with van der Waals surface area (Å²) in [6.45, 7) is 1.67. The van der Waals surface area contributed by atoms with Gasteiger partial charge in [-0.3, -0.25) is 9.59 Å². The van der Waals surface area contributed by atoms with E-state index in [0.29, 0.717) is 5.56 Å². The molecule has 0 aromatic heterocycles. The zero-order chi connectivity index (χ0) is 18.4. The van der Waals surface area contributed by atoms with Gasteiger partial charge in [-0.05, 0) is 42.8 Å². The Morgan fingerprint density at radius 1 is 0.808 bits per heavy atom. The van der Waals surface area contributed by atoms with Gasteiger partial charge in [-0.2, -0.15) is 0 Å². The lowest BCUT2D eigenvalue weighted by Crippen LogP contribution is -2.22. The predicted molar refractivity (Wildman–Crippen MR) is 105 cm³/mol. The molecule has 0 atom stereocenters. The molecule has 0 saturated carbocycles. The number of hydrogen-bond acceptors (Lipinski definition) is 3. The maximum Gasteiger partial charge on any atom is 0.243 e. The zero-order valence-electron chi connectivity index (χ0n) is 14.5. The summed E-state index contributed by atoms with van der Waals surface area (Å²) in [5, 5.41) is 6.02. The first kappa shape index (κ1) is 17.4. The molecule has 0 aliphatic rings. The molecule has 3 aromatic rings. The average Bonchev–Trinajstić information content (AvgIpc) is 2.68. The van der Waals surface area contributed by atoms with Crippen LogP contribution in [0.2, 0.25) is 0 Å². The predicted octanol–water partition coefficient (Wildman–Crippen LogP) is 4.61. The fourth-order valence-electron chi connectivity index (χ4n) is 2.66. The van der Waals surface area contributed by atoms with Crippen molar-refractivity contribution in [1.29, 1.82) is 0 Å². The van der Waals surface area contributed by atoms with Gasteiger partial charge < -0.3 is 10.6 Å². The number of carbonyl (C=O) groups excluding carboxylic acids is 2. The van der Waals surface area contributed by atoms with Crippen molar-refractivity contribution in [3.8, 4) is 11.1 Å². The molecule has 4 nitrogen and oxygen atoms in total. The first-order chi connectivity index (χ1) is 12.6. The van der Waals surface area contributed by atoms with Crippen LogP contribution in [0.25, 0.3) is 11.1 Å². The topological polar surface area (TPSA) is 58.2 Å². The van der Waals surface area contributed by atoms with E-state index in [1.807, 2.05) is 54.6 Å². The maximum atomic E-state index is 12.3. The van der Waals surface area contributed by atoms with Crippen LogP contribution in [-0.2, 0) is 4.79 Å². The number of nitrogens with one attached hydrogen (secondary N) is 2. The minimum Gasteiger partial charge on any atom is -0.376 e. The lowest BCUT2D eigenvalue weighted by atomic mass is 10.0. The second-order valence-corrected chi connectivity index (χ2v) is 5.95. The number of para-hydroxylation sites is 1. The number of amides is 1. The van der Waals surface area contributed by atoms with Gasteiger partial charge in [0, 0.05) is 22.5 Å². The van der Waals surface area contributed by atoms with Gasteiger partial charge in [-0.25, -0.2) is 0 Å². The minimum absolute atomic E-state index is 0.0202. The molecule has 0 radical (unpaired) electrons. The van der Waals surface area contributed by atoms with Crippen LogP contribution in [-0.4, -0.2) is 18.2 Å². The molecule has 0 aliphatic carbocycles. The van der Waals surface area contributed by atoms with Crippen molar-refractivity contribution in [2.24, 2.45) is 0 Å². The number of rotatable bonds is 6. The molecule has 0 bridgehead atoms. The van der Waals surface area contributed by atoms with E-state index in [0.717, 1.165) is 22.5 Å². The van der Waals surface area contributed by atoms with E-state index in [1.165, 1.54) is 6.92 Å². The summed E-state index contributed by atoms with van der Waals surface area (Å²) in [6.07, 6.45) is 0. The second-order valence-electron chi connectivity index (χ2n) is 5.95. The molecule has 0 unspecified atom stereocenters. The van der Waals surface area contributed by atoms with Crippen LogP contribution in [0.4, 0.5) is 11.4 Å². The van der Waals surface area contributed by atoms with Crippen molar-refractivity contribution in [2.75, 3.05) is 17.2 Å². The number of ketones is 1. The first-order valence-corrected chi connectivity index (χ1v) is 8.42. The first-order valence-electron chi connectivity index (χ1n) is 8.42. The lowest BCUT2D eigenvalue weighted by Gasteiger charge is -2.12. The highest BCUT2D eigenvalue weighted by atomic mass is 16.2. The highest BCUT2D eigenvalue weighted by Gasteiger charge is 2.08. The number of benzene rings is 3. The highest BCUT2D eigenvalue weighted by molar-refractivity contribution is 5.98. The molecule has 0 saturated heterocycles. The summed E-state index contributed by atoms with van der Waals surface area (Å²) >= 11 is 0. The number of anilines is 2.